The zero-order chi connectivity index (χ0) is 13.8. The van der Waals surface area contributed by atoms with Crippen molar-refractivity contribution in [3.63, 3.8) is 0 Å². The van der Waals surface area contributed by atoms with Gasteiger partial charge in [-0.3, -0.25) is 9.59 Å². The van der Waals surface area contributed by atoms with Crippen molar-refractivity contribution >= 4 is 28.9 Å². The predicted octanol–water partition coefficient (Wildman–Crippen LogP) is 0.709. The second-order valence-corrected chi connectivity index (χ2v) is 5.67. The molecule has 0 radical (unpaired) electrons. The number of thioether (sulfide) groups is 1. The van der Waals surface area contributed by atoms with Gasteiger partial charge >= 0.3 is 5.97 Å². The van der Waals surface area contributed by atoms with Crippen molar-refractivity contribution in [3.8, 4) is 0 Å². The average Bonchev–Trinajstić information content (AvgIpc) is 3.04. The van der Waals surface area contributed by atoms with E-state index in [4.69, 9.17) is 4.74 Å². The predicted molar refractivity (Wildman–Crippen MR) is 70.8 cm³/mol. The highest BCUT2D eigenvalue weighted by Gasteiger charge is 2.34. The van der Waals surface area contributed by atoms with E-state index in [2.05, 4.69) is 0 Å². The molecule has 19 heavy (non-hydrogen) atoms. The molecule has 2 aliphatic rings. The summed E-state index contributed by atoms with van der Waals surface area (Å²) in [6.07, 6.45) is 1.76. The van der Waals surface area contributed by atoms with Gasteiger partial charge in [-0.05, 0) is 12.8 Å². The fraction of sp³-hybridized carbons (Fsp3) is 0.750. The molecule has 106 valence electrons. The first-order valence-electron chi connectivity index (χ1n) is 6.42. The summed E-state index contributed by atoms with van der Waals surface area (Å²) in [5, 5.41) is 0.0405. The molecule has 2 saturated heterocycles. The van der Waals surface area contributed by atoms with Crippen molar-refractivity contribution in [1.82, 2.24) is 9.80 Å². The molecule has 2 fully saturated rings. The maximum absolute atomic E-state index is 12.1. The number of hydrogen-bond acceptors (Lipinski definition) is 5. The van der Waals surface area contributed by atoms with Crippen LogP contribution in [0.5, 0.6) is 0 Å². The van der Waals surface area contributed by atoms with Crippen molar-refractivity contribution in [1.29, 1.82) is 0 Å². The van der Waals surface area contributed by atoms with Gasteiger partial charge < -0.3 is 14.5 Å². The third kappa shape index (κ3) is 3.20. The number of methoxy groups -OCH3 is 1. The fourth-order valence-electron chi connectivity index (χ4n) is 2.45. The topological polar surface area (TPSA) is 66.9 Å². The zero-order valence-electron chi connectivity index (χ0n) is 11.0. The summed E-state index contributed by atoms with van der Waals surface area (Å²) in [5.41, 5.74) is 0. The Bertz CT molecular complexity index is 388. The van der Waals surface area contributed by atoms with Gasteiger partial charge in [-0.2, -0.15) is 0 Å². The Morgan fingerprint density at radius 1 is 1.42 bits per heavy atom. The number of carbonyl (C=O) groups is 3. The SMILES string of the molecule is COC(=O)C1CCCN1C(=O)CCN1CCSC1=O. The number of carbonyl (C=O) groups excluding carboxylic acids is 3. The number of amides is 2. The summed E-state index contributed by atoms with van der Waals surface area (Å²) in [5.74, 6) is 0.373. The zero-order valence-corrected chi connectivity index (χ0v) is 11.8. The van der Waals surface area contributed by atoms with Crippen LogP contribution in [0.3, 0.4) is 0 Å². The molecular weight excluding hydrogens is 268 g/mol. The Kier molecular flexibility index (Phi) is 4.68. The Morgan fingerprint density at radius 2 is 2.21 bits per heavy atom. The number of rotatable bonds is 4. The van der Waals surface area contributed by atoms with Crippen LogP contribution in [-0.4, -0.2) is 65.5 Å². The first-order valence-corrected chi connectivity index (χ1v) is 7.41. The molecule has 1 atom stereocenters. The first-order chi connectivity index (χ1) is 9.13. The highest BCUT2D eigenvalue weighted by atomic mass is 32.2. The van der Waals surface area contributed by atoms with Crippen molar-refractivity contribution in [2.24, 2.45) is 0 Å². The van der Waals surface area contributed by atoms with E-state index in [-0.39, 0.29) is 23.5 Å². The average molecular weight is 286 g/mol. The molecule has 2 rings (SSSR count). The van der Waals surface area contributed by atoms with E-state index >= 15 is 0 Å². The molecule has 2 aliphatic heterocycles. The third-order valence-corrected chi connectivity index (χ3v) is 4.38. The highest BCUT2D eigenvalue weighted by Crippen LogP contribution is 2.21. The van der Waals surface area contributed by atoms with Crippen LogP contribution in [0, 0.1) is 0 Å². The fourth-order valence-corrected chi connectivity index (χ4v) is 3.30. The maximum atomic E-state index is 12.1. The van der Waals surface area contributed by atoms with Gasteiger partial charge in [0.1, 0.15) is 6.04 Å². The van der Waals surface area contributed by atoms with Crippen molar-refractivity contribution < 1.29 is 19.1 Å². The van der Waals surface area contributed by atoms with Crippen molar-refractivity contribution in [2.75, 3.05) is 32.5 Å². The largest absolute Gasteiger partial charge is 0.467 e. The monoisotopic (exact) mass is 286 g/mol. The van der Waals surface area contributed by atoms with Gasteiger partial charge in [-0.15, -0.1) is 0 Å². The van der Waals surface area contributed by atoms with Gasteiger partial charge in [0.2, 0.25) is 5.91 Å². The smallest absolute Gasteiger partial charge is 0.328 e. The molecule has 0 spiro atoms. The van der Waals surface area contributed by atoms with E-state index in [1.807, 2.05) is 0 Å². The van der Waals surface area contributed by atoms with E-state index < -0.39 is 6.04 Å². The van der Waals surface area contributed by atoms with Crippen LogP contribution in [0.2, 0.25) is 0 Å². The molecule has 7 heteroatoms. The van der Waals surface area contributed by atoms with Crippen molar-refractivity contribution in [3.05, 3.63) is 0 Å². The molecule has 1 unspecified atom stereocenters. The lowest BCUT2D eigenvalue weighted by molar-refractivity contribution is -0.151. The summed E-state index contributed by atoms with van der Waals surface area (Å²) < 4.78 is 4.71. The van der Waals surface area contributed by atoms with E-state index in [0.29, 0.717) is 26.1 Å². The van der Waals surface area contributed by atoms with Gasteiger partial charge in [0, 0.05) is 31.8 Å². The molecule has 0 aliphatic carbocycles. The molecule has 0 saturated carbocycles. The Hall–Kier alpha value is -1.24. The lowest BCUT2D eigenvalue weighted by Gasteiger charge is -2.23. The van der Waals surface area contributed by atoms with Crippen LogP contribution in [0.25, 0.3) is 0 Å². The summed E-state index contributed by atoms with van der Waals surface area (Å²) in [4.78, 5) is 38.4. The van der Waals surface area contributed by atoms with E-state index in [1.165, 1.54) is 18.9 Å². The first kappa shape index (κ1) is 14.2. The Morgan fingerprint density at radius 3 is 2.84 bits per heavy atom. The molecule has 2 amide bonds. The number of ether oxygens (including phenoxy) is 1. The van der Waals surface area contributed by atoms with Gasteiger partial charge in [0.05, 0.1) is 7.11 Å². The molecule has 0 N–H and O–H groups in total. The molecule has 0 aromatic heterocycles. The minimum atomic E-state index is -0.443. The van der Waals surface area contributed by atoms with Crippen LogP contribution in [0.4, 0.5) is 4.79 Å². The minimum Gasteiger partial charge on any atom is -0.467 e. The summed E-state index contributed by atoms with van der Waals surface area (Å²) in [6.45, 7) is 1.74. The lowest BCUT2D eigenvalue weighted by Crippen LogP contribution is -2.42. The standard InChI is InChI=1S/C12H18N2O4S/c1-18-11(16)9-3-2-5-14(9)10(15)4-6-13-7-8-19-12(13)17/h9H,2-8H2,1H3. The van der Waals surface area contributed by atoms with Crippen molar-refractivity contribution in [2.45, 2.75) is 25.3 Å². The molecular formula is C12H18N2O4S. The van der Waals surface area contributed by atoms with E-state index in [1.54, 1.807) is 9.80 Å². The van der Waals surface area contributed by atoms with Crippen LogP contribution in [0.15, 0.2) is 0 Å². The van der Waals surface area contributed by atoms with Gasteiger partial charge in [0.15, 0.2) is 0 Å². The summed E-state index contributed by atoms with van der Waals surface area (Å²) >= 11 is 1.29. The normalized spacial score (nSPS) is 23.0. The number of hydrogen-bond donors (Lipinski definition) is 0. The van der Waals surface area contributed by atoms with Gasteiger partial charge in [-0.25, -0.2) is 4.79 Å². The molecule has 6 nitrogen and oxygen atoms in total. The van der Waals surface area contributed by atoms with Crippen LogP contribution >= 0.6 is 11.8 Å². The second kappa shape index (κ2) is 6.27. The maximum Gasteiger partial charge on any atom is 0.328 e. The Labute approximate surface area is 116 Å². The van der Waals surface area contributed by atoms with E-state index in [0.717, 1.165) is 12.2 Å². The number of likely N-dealkylation sites (tertiary alicyclic amines) is 1. The number of nitrogens with zero attached hydrogens (tertiary/aromatic N) is 2. The third-order valence-electron chi connectivity index (χ3n) is 3.49. The summed E-state index contributed by atoms with van der Waals surface area (Å²) in [7, 11) is 1.34. The highest BCUT2D eigenvalue weighted by molar-refractivity contribution is 8.13. The molecule has 0 bridgehead atoms. The van der Waals surface area contributed by atoms with Gasteiger partial charge in [-0.1, -0.05) is 11.8 Å². The van der Waals surface area contributed by atoms with Crippen LogP contribution < -0.4 is 0 Å². The minimum absolute atomic E-state index is 0.0405. The number of esters is 1. The molecule has 2 heterocycles. The van der Waals surface area contributed by atoms with Crippen LogP contribution in [-0.2, 0) is 14.3 Å². The van der Waals surface area contributed by atoms with E-state index in [9.17, 15) is 14.4 Å². The Balaban J connectivity index is 1.85. The second-order valence-electron chi connectivity index (χ2n) is 4.62. The van der Waals surface area contributed by atoms with Crippen LogP contribution in [0.1, 0.15) is 19.3 Å². The van der Waals surface area contributed by atoms with Gasteiger partial charge in [0.25, 0.3) is 5.24 Å². The molecule has 0 aromatic rings. The lowest BCUT2D eigenvalue weighted by atomic mass is 10.2. The quantitative estimate of drug-likeness (QED) is 0.712. The summed E-state index contributed by atoms with van der Waals surface area (Å²) in [6, 6.07) is -0.443. The molecule has 0 aromatic carbocycles.